The molecule has 2 heterocycles. The third-order valence-corrected chi connectivity index (χ3v) is 4.55. The Hall–Kier alpha value is -1.19. The topological polar surface area (TPSA) is 32.3 Å². The first-order chi connectivity index (χ1) is 9.83. The summed E-state index contributed by atoms with van der Waals surface area (Å²) in [4.78, 5) is 14.9. The van der Waals surface area contributed by atoms with E-state index in [9.17, 15) is 4.79 Å². The highest BCUT2D eigenvalue weighted by Gasteiger charge is 2.22. The fourth-order valence-corrected chi connectivity index (χ4v) is 3.29. The summed E-state index contributed by atoms with van der Waals surface area (Å²) in [6.45, 7) is 5.42. The second kappa shape index (κ2) is 6.51. The Morgan fingerprint density at radius 1 is 1.10 bits per heavy atom. The molecule has 1 aromatic rings. The number of benzene rings is 1. The van der Waals surface area contributed by atoms with E-state index in [0.29, 0.717) is 5.78 Å². The Labute approximate surface area is 121 Å². The van der Waals surface area contributed by atoms with Gasteiger partial charge in [-0.25, -0.2) is 0 Å². The molecule has 0 spiro atoms. The molecule has 0 aliphatic carbocycles. The maximum Gasteiger partial charge on any atom is 0.166 e. The quantitative estimate of drug-likeness (QED) is 0.855. The van der Waals surface area contributed by atoms with Crippen LogP contribution in [0.15, 0.2) is 24.3 Å². The van der Waals surface area contributed by atoms with Gasteiger partial charge in [0.25, 0.3) is 0 Å². The Morgan fingerprint density at radius 3 is 2.40 bits per heavy atom. The Balaban J connectivity index is 1.61. The summed E-state index contributed by atoms with van der Waals surface area (Å²) in [6.07, 6.45) is 4.61. The van der Waals surface area contributed by atoms with Gasteiger partial charge in [-0.2, -0.15) is 0 Å². The van der Waals surface area contributed by atoms with Crippen LogP contribution >= 0.6 is 0 Å². The summed E-state index contributed by atoms with van der Waals surface area (Å²) in [7, 11) is 0. The standard InChI is InChI=1S/C17H24N2O/c20-17(16-7-9-18-10-8-16)15-5-3-14(4-6-15)13-19-11-1-2-12-19/h3-6,16,18H,1-2,7-13H2. The number of likely N-dealkylation sites (tertiary alicyclic amines) is 1. The van der Waals surface area contributed by atoms with E-state index in [1.54, 1.807) is 0 Å². The average molecular weight is 272 g/mol. The lowest BCUT2D eigenvalue weighted by Crippen LogP contribution is -2.31. The minimum Gasteiger partial charge on any atom is -0.317 e. The summed E-state index contributed by atoms with van der Waals surface area (Å²) in [5.41, 5.74) is 2.22. The number of nitrogens with one attached hydrogen (secondary N) is 1. The van der Waals surface area contributed by atoms with Crippen LogP contribution in [-0.4, -0.2) is 36.9 Å². The molecule has 3 rings (SSSR count). The van der Waals surface area contributed by atoms with Gasteiger partial charge in [-0.1, -0.05) is 24.3 Å². The summed E-state index contributed by atoms with van der Waals surface area (Å²) >= 11 is 0. The number of hydrogen-bond acceptors (Lipinski definition) is 3. The van der Waals surface area contributed by atoms with Crippen LogP contribution in [0.25, 0.3) is 0 Å². The molecule has 0 unspecified atom stereocenters. The largest absolute Gasteiger partial charge is 0.317 e. The maximum absolute atomic E-state index is 12.4. The average Bonchev–Trinajstić information content (AvgIpc) is 3.01. The second-order valence-corrected chi connectivity index (χ2v) is 6.07. The van der Waals surface area contributed by atoms with E-state index in [1.807, 2.05) is 12.1 Å². The lowest BCUT2D eigenvalue weighted by atomic mass is 9.89. The highest BCUT2D eigenvalue weighted by molar-refractivity contribution is 5.97. The highest BCUT2D eigenvalue weighted by atomic mass is 16.1. The molecule has 2 aliphatic heterocycles. The van der Waals surface area contributed by atoms with Crippen molar-refractivity contribution in [2.45, 2.75) is 32.2 Å². The lowest BCUT2D eigenvalue weighted by molar-refractivity contribution is 0.0895. The number of Topliss-reactive ketones (excluding diaryl/α,β-unsaturated/α-hetero) is 1. The van der Waals surface area contributed by atoms with Gasteiger partial charge in [-0.3, -0.25) is 9.69 Å². The predicted octanol–water partition coefficient (Wildman–Crippen LogP) is 2.46. The first-order valence-corrected chi connectivity index (χ1v) is 7.89. The molecule has 0 atom stereocenters. The van der Waals surface area contributed by atoms with Crippen molar-refractivity contribution >= 4 is 5.78 Å². The number of rotatable bonds is 4. The van der Waals surface area contributed by atoms with Crippen molar-refractivity contribution in [1.82, 2.24) is 10.2 Å². The first-order valence-electron chi connectivity index (χ1n) is 7.89. The van der Waals surface area contributed by atoms with Crippen molar-refractivity contribution in [3.8, 4) is 0 Å². The van der Waals surface area contributed by atoms with Crippen LogP contribution in [0.3, 0.4) is 0 Å². The summed E-state index contributed by atoms with van der Waals surface area (Å²) < 4.78 is 0. The molecular formula is C17H24N2O. The van der Waals surface area contributed by atoms with Crippen molar-refractivity contribution in [1.29, 1.82) is 0 Å². The minimum absolute atomic E-state index is 0.223. The molecule has 0 saturated carbocycles. The van der Waals surface area contributed by atoms with Gasteiger partial charge in [0.1, 0.15) is 0 Å². The first kappa shape index (κ1) is 13.8. The van der Waals surface area contributed by atoms with E-state index in [4.69, 9.17) is 0 Å². The monoisotopic (exact) mass is 272 g/mol. The normalized spacial score (nSPS) is 21.2. The summed E-state index contributed by atoms with van der Waals surface area (Å²) in [5, 5.41) is 3.31. The van der Waals surface area contributed by atoms with Crippen LogP contribution in [0.4, 0.5) is 0 Å². The highest BCUT2D eigenvalue weighted by Crippen LogP contribution is 2.19. The molecule has 2 saturated heterocycles. The third kappa shape index (κ3) is 3.28. The Morgan fingerprint density at radius 2 is 1.75 bits per heavy atom. The molecule has 0 radical (unpaired) electrons. The van der Waals surface area contributed by atoms with Gasteiger partial charge in [-0.15, -0.1) is 0 Å². The van der Waals surface area contributed by atoms with Crippen LogP contribution in [0.5, 0.6) is 0 Å². The van der Waals surface area contributed by atoms with Crippen molar-refractivity contribution in [2.24, 2.45) is 5.92 Å². The molecule has 0 aromatic heterocycles. The molecule has 0 bridgehead atoms. The van der Waals surface area contributed by atoms with Crippen LogP contribution < -0.4 is 5.32 Å². The van der Waals surface area contributed by atoms with E-state index >= 15 is 0 Å². The summed E-state index contributed by atoms with van der Waals surface area (Å²) in [5.74, 6) is 0.555. The van der Waals surface area contributed by atoms with E-state index in [2.05, 4.69) is 22.3 Å². The van der Waals surface area contributed by atoms with Gasteiger partial charge in [-0.05, 0) is 57.4 Å². The zero-order valence-corrected chi connectivity index (χ0v) is 12.1. The molecule has 3 nitrogen and oxygen atoms in total. The molecule has 2 aliphatic rings. The third-order valence-electron chi connectivity index (χ3n) is 4.55. The number of nitrogens with zero attached hydrogens (tertiary/aromatic N) is 1. The van der Waals surface area contributed by atoms with Crippen LogP contribution in [0.1, 0.15) is 41.6 Å². The number of ketones is 1. The van der Waals surface area contributed by atoms with E-state index < -0.39 is 0 Å². The lowest BCUT2D eigenvalue weighted by Gasteiger charge is -2.21. The fourth-order valence-electron chi connectivity index (χ4n) is 3.29. The van der Waals surface area contributed by atoms with E-state index in [1.165, 1.54) is 31.5 Å². The molecule has 0 amide bonds. The predicted molar refractivity (Wildman–Crippen MR) is 80.9 cm³/mol. The second-order valence-electron chi connectivity index (χ2n) is 6.07. The van der Waals surface area contributed by atoms with Crippen molar-refractivity contribution < 1.29 is 4.79 Å². The number of piperidine rings is 1. The number of carbonyl (C=O) groups is 1. The van der Waals surface area contributed by atoms with Gasteiger partial charge >= 0.3 is 0 Å². The minimum atomic E-state index is 0.223. The number of carbonyl (C=O) groups excluding carboxylic acids is 1. The molecule has 1 aromatic carbocycles. The smallest absolute Gasteiger partial charge is 0.166 e. The Bertz CT molecular complexity index is 443. The zero-order chi connectivity index (χ0) is 13.8. The molecule has 20 heavy (non-hydrogen) atoms. The van der Waals surface area contributed by atoms with Gasteiger partial charge < -0.3 is 5.32 Å². The van der Waals surface area contributed by atoms with Gasteiger partial charge in [0.05, 0.1) is 0 Å². The molecule has 2 fully saturated rings. The zero-order valence-electron chi connectivity index (χ0n) is 12.1. The SMILES string of the molecule is O=C(c1ccc(CN2CCCC2)cc1)C1CCNCC1. The van der Waals surface area contributed by atoms with Crippen molar-refractivity contribution in [2.75, 3.05) is 26.2 Å². The Kier molecular flexibility index (Phi) is 4.48. The molecule has 3 heteroatoms. The summed E-state index contributed by atoms with van der Waals surface area (Å²) in [6, 6.07) is 8.31. The van der Waals surface area contributed by atoms with Crippen molar-refractivity contribution in [3.63, 3.8) is 0 Å². The fraction of sp³-hybridized carbons (Fsp3) is 0.588. The van der Waals surface area contributed by atoms with Crippen LogP contribution in [0.2, 0.25) is 0 Å². The number of hydrogen-bond donors (Lipinski definition) is 1. The van der Waals surface area contributed by atoms with Crippen LogP contribution in [-0.2, 0) is 6.54 Å². The maximum atomic E-state index is 12.4. The van der Waals surface area contributed by atoms with Gasteiger partial charge in [0.15, 0.2) is 5.78 Å². The molecule has 108 valence electrons. The van der Waals surface area contributed by atoms with E-state index in [0.717, 1.165) is 38.0 Å². The van der Waals surface area contributed by atoms with E-state index in [-0.39, 0.29) is 5.92 Å². The van der Waals surface area contributed by atoms with Gasteiger partial charge in [0, 0.05) is 18.0 Å². The molecule has 1 N–H and O–H groups in total. The molecular weight excluding hydrogens is 248 g/mol. The van der Waals surface area contributed by atoms with Gasteiger partial charge in [0.2, 0.25) is 0 Å². The van der Waals surface area contributed by atoms with Crippen LogP contribution in [0, 0.1) is 5.92 Å². The van der Waals surface area contributed by atoms with Crippen molar-refractivity contribution in [3.05, 3.63) is 35.4 Å².